The Morgan fingerprint density at radius 1 is 1.17 bits per heavy atom. The van der Waals surface area contributed by atoms with E-state index in [4.69, 9.17) is 9.72 Å². The molecule has 1 amide bonds. The van der Waals surface area contributed by atoms with Crippen LogP contribution in [0.2, 0.25) is 0 Å². The molecule has 0 unspecified atom stereocenters. The number of ether oxygens (including phenoxy) is 1. The zero-order chi connectivity index (χ0) is 20.0. The Balaban J connectivity index is 1.30. The fourth-order valence-electron chi connectivity index (χ4n) is 4.71. The lowest BCUT2D eigenvalue weighted by atomic mass is 9.95. The Hall–Kier alpha value is -2.47. The van der Waals surface area contributed by atoms with E-state index in [1.807, 2.05) is 29.3 Å². The Kier molecular flexibility index (Phi) is 4.74. The van der Waals surface area contributed by atoms with Crippen molar-refractivity contribution in [2.75, 3.05) is 26.7 Å². The molecule has 0 aliphatic carbocycles. The summed E-state index contributed by atoms with van der Waals surface area (Å²) >= 11 is 0. The zero-order valence-corrected chi connectivity index (χ0v) is 17.2. The molecular weight excluding hydrogens is 364 g/mol. The number of piperidine rings is 1. The molecular formula is C23H28N4O2. The van der Waals surface area contributed by atoms with Crippen LogP contribution in [-0.2, 0) is 19.4 Å². The molecule has 6 heteroatoms. The number of likely N-dealkylation sites (tertiary alicyclic amines) is 1. The molecule has 2 aromatic rings. The predicted octanol–water partition coefficient (Wildman–Crippen LogP) is 2.81. The van der Waals surface area contributed by atoms with Crippen LogP contribution in [0.1, 0.15) is 58.7 Å². The van der Waals surface area contributed by atoms with E-state index >= 15 is 0 Å². The van der Waals surface area contributed by atoms with Gasteiger partial charge in [0, 0.05) is 49.2 Å². The summed E-state index contributed by atoms with van der Waals surface area (Å²) in [6, 6.07) is 5.81. The van der Waals surface area contributed by atoms with E-state index in [-0.39, 0.29) is 12.0 Å². The second-order valence-corrected chi connectivity index (χ2v) is 8.71. The van der Waals surface area contributed by atoms with Crippen molar-refractivity contribution in [1.29, 1.82) is 0 Å². The largest absolute Gasteiger partial charge is 0.490 e. The van der Waals surface area contributed by atoms with E-state index in [9.17, 15) is 4.79 Å². The summed E-state index contributed by atoms with van der Waals surface area (Å²) in [6.07, 6.45) is 6.06. The molecule has 0 N–H and O–H groups in total. The lowest BCUT2D eigenvalue weighted by Gasteiger charge is -2.30. The summed E-state index contributed by atoms with van der Waals surface area (Å²) in [4.78, 5) is 26.9. The van der Waals surface area contributed by atoms with Gasteiger partial charge in [0.1, 0.15) is 17.7 Å². The number of carbonyl (C=O) groups is 1. The summed E-state index contributed by atoms with van der Waals surface area (Å²) in [7, 11) is 2.17. The first kappa shape index (κ1) is 18.6. The third-order valence-corrected chi connectivity index (χ3v) is 6.47. The molecule has 1 aromatic carbocycles. The van der Waals surface area contributed by atoms with E-state index in [0.717, 1.165) is 72.7 Å². The number of fused-ring (bicyclic) bond motifs is 2. The van der Waals surface area contributed by atoms with Crippen LogP contribution in [0.25, 0.3) is 0 Å². The number of benzene rings is 1. The SMILES string of the molecule is C[C@@H]1Cc2cc(C(=O)N3CCc4nc(C5CCN(C)CC5)ncc4C3)ccc2O1. The van der Waals surface area contributed by atoms with Crippen LogP contribution in [0.15, 0.2) is 24.4 Å². The highest BCUT2D eigenvalue weighted by Gasteiger charge is 2.27. The van der Waals surface area contributed by atoms with E-state index in [1.165, 1.54) is 0 Å². The zero-order valence-electron chi connectivity index (χ0n) is 17.2. The number of aromatic nitrogens is 2. The Morgan fingerprint density at radius 3 is 2.83 bits per heavy atom. The normalized spacial score (nSPS) is 22.1. The fourth-order valence-corrected chi connectivity index (χ4v) is 4.71. The van der Waals surface area contributed by atoms with E-state index in [1.54, 1.807) is 0 Å². The van der Waals surface area contributed by atoms with Crippen molar-refractivity contribution in [2.45, 2.75) is 51.2 Å². The summed E-state index contributed by atoms with van der Waals surface area (Å²) in [5.74, 6) is 2.45. The number of nitrogens with zero attached hydrogens (tertiary/aromatic N) is 4. The van der Waals surface area contributed by atoms with Gasteiger partial charge in [0.25, 0.3) is 5.91 Å². The fraction of sp³-hybridized carbons (Fsp3) is 0.522. The summed E-state index contributed by atoms with van der Waals surface area (Å²) < 4.78 is 5.76. The van der Waals surface area contributed by atoms with Gasteiger partial charge in [0.15, 0.2) is 0 Å². The molecule has 0 radical (unpaired) electrons. The Morgan fingerprint density at radius 2 is 2.00 bits per heavy atom. The maximum absolute atomic E-state index is 13.1. The second kappa shape index (κ2) is 7.41. The van der Waals surface area contributed by atoms with Crippen LogP contribution in [0.3, 0.4) is 0 Å². The molecule has 5 rings (SSSR count). The summed E-state index contributed by atoms with van der Waals surface area (Å²) in [5, 5.41) is 0. The number of hydrogen-bond donors (Lipinski definition) is 0. The highest BCUT2D eigenvalue weighted by atomic mass is 16.5. The van der Waals surface area contributed by atoms with Crippen LogP contribution in [0.4, 0.5) is 0 Å². The van der Waals surface area contributed by atoms with Gasteiger partial charge in [-0.25, -0.2) is 9.97 Å². The summed E-state index contributed by atoms with van der Waals surface area (Å²) in [5.41, 5.74) is 4.08. The van der Waals surface area contributed by atoms with Gasteiger partial charge in [0.05, 0.1) is 5.69 Å². The van der Waals surface area contributed by atoms with Gasteiger partial charge in [-0.1, -0.05) is 0 Å². The topological polar surface area (TPSA) is 58.6 Å². The Labute approximate surface area is 171 Å². The highest BCUT2D eigenvalue weighted by Crippen LogP contribution is 2.31. The third-order valence-electron chi connectivity index (χ3n) is 6.47. The lowest BCUT2D eigenvalue weighted by molar-refractivity contribution is 0.0733. The van der Waals surface area contributed by atoms with Crippen molar-refractivity contribution in [2.24, 2.45) is 0 Å². The molecule has 29 heavy (non-hydrogen) atoms. The number of carbonyl (C=O) groups excluding carboxylic acids is 1. The molecule has 152 valence electrons. The average molecular weight is 393 g/mol. The molecule has 1 saturated heterocycles. The highest BCUT2D eigenvalue weighted by molar-refractivity contribution is 5.94. The first-order valence-corrected chi connectivity index (χ1v) is 10.7. The van der Waals surface area contributed by atoms with Gasteiger partial charge in [-0.05, 0) is 63.7 Å². The van der Waals surface area contributed by atoms with Gasteiger partial charge in [-0.3, -0.25) is 4.79 Å². The third kappa shape index (κ3) is 3.62. The average Bonchev–Trinajstić information content (AvgIpc) is 3.12. The molecule has 4 heterocycles. The minimum atomic E-state index is 0.0809. The summed E-state index contributed by atoms with van der Waals surface area (Å²) in [6.45, 7) is 5.57. The number of hydrogen-bond acceptors (Lipinski definition) is 5. The minimum Gasteiger partial charge on any atom is -0.490 e. The van der Waals surface area contributed by atoms with Crippen LogP contribution in [-0.4, -0.2) is 58.5 Å². The molecule has 0 bridgehead atoms. The monoisotopic (exact) mass is 392 g/mol. The van der Waals surface area contributed by atoms with Gasteiger partial charge < -0.3 is 14.5 Å². The lowest BCUT2D eigenvalue weighted by Crippen LogP contribution is -2.37. The molecule has 3 aliphatic heterocycles. The predicted molar refractivity (Wildman–Crippen MR) is 110 cm³/mol. The number of amides is 1. The van der Waals surface area contributed by atoms with Crippen molar-refractivity contribution in [3.8, 4) is 5.75 Å². The van der Waals surface area contributed by atoms with Crippen molar-refractivity contribution in [3.63, 3.8) is 0 Å². The van der Waals surface area contributed by atoms with Crippen molar-refractivity contribution in [3.05, 3.63) is 52.6 Å². The first-order chi connectivity index (χ1) is 14.1. The first-order valence-electron chi connectivity index (χ1n) is 10.7. The minimum absolute atomic E-state index is 0.0809. The van der Waals surface area contributed by atoms with Crippen molar-refractivity contribution >= 4 is 5.91 Å². The van der Waals surface area contributed by atoms with Crippen molar-refractivity contribution in [1.82, 2.24) is 19.8 Å². The maximum atomic E-state index is 13.1. The van der Waals surface area contributed by atoms with Gasteiger partial charge in [0.2, 0.25) is 0 Å². The standard InChI is InChI=1S/C23H28N4O2/c1-15-11-18-12-17(3-4-21(18)29-15)23(28)27-10-7-20-19(14-27)13-24-22(25-20)16-5-8-26(2)9-6-16/h3-4,12-13,15-16H,5-11,14H2,1-2H3/t15-/m1/s1. The van der Waals surface area contributed by atoms with Crippen LogP contribution in [0, 0.1) is 0 Å². The Bertz CT molecular complexity index is 936. The number of rotatable bonds is 2. The molecule has 6 nitrogen and oxygen atoms in total. The second-order valence-electron chi connectivity index (χ2n) is 8.71. The van der Waals surface area contributed by atoms with Crippen LogP contribution >= 0.6 is 0 Å². The molecule has 1 aromatic heterocycles. The quantitative estimate of drug-likeness (QED) is 0.787. The molecule has 0 spiro atoms. The van der Waals surface area contributed by atoms with Gasteiger partial charge in [-0.2, -0.15) is 0 Å². The van der Waals surface area contributed by atoms with Crippen LogP contribution < -0.4 is 4.74 Å². The van der Waals surface area contributed by atoms with Gasteiger partial charge >= 0.3 is 0 Å². The van der Waals surface area contributed by atoms with Crippen molar-refractivity contribution < 1.29 is 9.53 Å². The smallest absolute Gasteiger partial charge is 0.254 e. The van der Waals surface area contributed by atoms with E-state index in [0.29, 0.717) is 19.0 Å². The van der Waals surface area contributed by atoms with E-state index in [2.05, 4.69) is 23.9 Å². The molecule has 1 atom stereocenters. The van der Waals surface area contributed by atoms with E-state index < -0.39 is 0 Å². The van der Waals surface area contributed by atoms with Gasteiger partial charge in [-0.15, -0.1) is 0 Å². The molecule has 3 aliphatic rings. The van der Waals surface area contributed by atoms with Crippen LogP contribution in [0.5, 0.6) is 5.75 Å². The maximum Gasteiger partial charge on any atom is 0.254 e. The molecule has 1 fully saturated rings. The molecule has 0 saturated carbocycles.